The average molecular weight is 439 g/mol. The third-order valence-electron chi connectivity index (χ3n) is 7.06. The number of nitrogens with zero attached hydrogens (tertiary/aromatic N) is 3. The molecule has 1 atom stereocenters. The van der Waals surface area contributed by atoms with Crippen LogP contribution in [0, 0.1) is 0 Å². The summed E-state index contributed by atoms with van der Waals surface area (Å²) in [7, 11) is 3.56. The van der Waals surface area contributed by atoms with Gasteiger partial charge in [0, 0.05) is 49.4 Å². The number of rotatable bonds is 8. The molecule has 1 aromatic carbocycles. The summed E-state index contributed by atoms with van der Waals surface area (Å²) in [6.07, 6.45) is 7.32. The Morgan fingerprint density at radius 3 is 2.75 bits per heavy atom. The van der Waals surface area contributed by atoms with Crippen molar-refractivity contribution in [1.82, 2.24) is 14.8 Å². The largest absolute Gasteiger partial charge is 0.493 e. The Morgan fingerprint density at radius 1 is 1.16 bits per heavy atom. The summed E-state index contributed by atoms with van der Waals surface area (Å²) in [5.74, 6) is 1.69. The molecule has 172 valence electrons. The number of likely N-dealkylation sites (N-methyl/N-ethyl adjacent to an activating group) is 1. The van der Waals surface area contributed by atoms with Crippen molar-refractivity contribution in [2.45, 2.75) is 51.0 Å². The number of hydrogen-bond acceptors (Lipinski definition) is 6. The summed E-state index contributed by atoms with van der Waals surface area (Å²) in [5.41, 5.74) is 4.51. The highest BCUT2D eigenvalue weighted by Crippen LogP contribution is 2.40. The number of fused-ring (bicyclic) bond motifs is 2. The van der Waals surface area contributed by atoms with Crippen LogP contribution in [0.15, 0.2) is 12.1 Å². The molecule has 1 aromatic heterocycles. The van der Waals surface area contributed by atoms with Gasteiger partial charge in [0.2, 0.25) is 5.91 Å². The molecule has 0 radical (unpaired) electrons. The number of nitrogens with one attached hydrogen (secondary N) is 1. The molecule has 3 aliphatic rings. The van der Waals surface area contributed by atoms with Crippen LogP contribution in [-0.4, -0.2) is 73.7 Å². The Balaban J connectivity index is 1.40. The monoisotopic (exact) mass is 438 g/mol. The third kappa shape index (κ3) is 4.22. The first-order chi connectivity index (χ1) is 15.6. The van der Waals surface area contributed by atoms with E-state index < -0.39 is 0 Å². The molecule has 2 aliphatic heterocycles. The number of anilines is 1. The second-order valence-electron chi connectivity index (χ2n) is 9.36. The lowest BCUT2D eigenvalue weighted by molar-refractivity contribution is -0.126. The van der Waals surface area contributed by atoms with Crippen LogP contribution in [0.3, 0.4) is 0 Å². The second kappa shape index (κ2) is 9.14. The third-order valence-corrected chi connectivity index (χ3v) is 7.06. The summed E-state index contributed by atoms with van der Waals surface area (Å²) in [5, 5.41) is 4.74. The number of hydrogen-bond donors (Lipinski definition) is 1. The first kappa shape index (κ1) is 21.3. The quantitative estimate of drug-likeness (QED) is 0.639. The molecule has 0 saturated carbocycles. The van der Waals surface area contributed by atoms with E-state index in [1.54, 1.807) is 12.0 Å². The summed E-state index contributed by atoms with van der Waals surface area (Å²) >= 11 is 0. The summed E-state index contributed by atoms with van der Waals surface area (Å²) in [4.78, 5) is 21.4. The van der Waals surface area contributed by atoms with Gasteiger partial charge in [-0.15, -0.1) is 0 Å². The molecule has 3 heterocycles. The van der Waals surface area contributed by atoms with E-state index in [0.717, 1.165) is 66.9 Å². The predicted octanol–water partition coefficient (Wildman–Crippen LogP) is 3.24. The molecule has 2 fully saturated rings. The maximum Gasteiger partial charge on any atom is 0.224 e. The molecule has 0 spiro atoms. The first-order valence-electron chi connectivity index (χ1n) is 12.0. The normalized spacial score (nSPS) is 20.9. The molecule has 7 nitrogen and oxygen atoms in total. The minimum atomic E-state index is 0.121. The molecule has 2 saturated heterocycles. The van der Waals surface area contributed by atoms with E-state index in [4.69, 9.17) is 14.5 Å². The number of ether oxygens (including phenoxy) is 2. The summed E-state index contributed by atoms with van der Waals surface area (Å²) in [6, 6.07) is 4.20. The van der Waals surface area contributed by atoms with Gasteiger partial charge in [0.15, 0.2) is 11.5 Å². The molecule has 5 rings (SSSR count). The zero-order valence-electron chi connectivity index (χ0n) is 19.3. The molecule has 1 amide bonds. The van der Waals surface area contributed by atoms with Crippen molar-refractivity contribution in [3.05, 3.63) is 23.4 Å². The lowest BCUT2D eigenvalue weighted by atomic mass is 10.0. The van der Waals surface area contributed by atoms with Gasteiger partial charge >= 0.3 is 0 Å². The van der Waals surface area contributed by atoms with E-state index >= 15 is 0 Å². The van der Waals surface area contributed by atoms with Gasteiger partial charge in [-0.25, -0.2) is 0 Å². The van der Waals surface area contributed by atoms with Crippen LogP contribution in [0.4, 0.5) is 5.69 Å². The molecule has 2 aromatic rings. The molecule has 32 heavy (non-hydrogen) atoms. The summed E-state index contributed by atoms with van der Waals surface area (Å²) in [6.45, 7) is 4.92. The predicted molar refractivity (Wildman–Crippen MR) is 126 cm³/mol. The number of amides is 1. The van der Waals surface area contributed by atoms with Gasteiger partial charge < -0.3 is 24.6 Å². The van der Waals surface area contributed by atoms with Crippen molar-refractivity contribution in [2.75, 3.05) is 52.3 Å². The molecule has 1 N–H and O–H groups in total. The zero-order chi connectivity index (χ0) is 22.1. The van der Waals surface area contributed by atoms with Crippen LogP contribution in [0.1, 0.15) is 43.4 Å². The summed E-state index contributed by atoms with van der Waals surface area (Å²) < 4.78 is 11.9. The van der Waals surface area contributed by atoms with E-state index in [0.29, 0.717) is 13.0 Å². The second-order valence-corrected chi connectivity index (χ2v) is 9.36. The highest BCUT2D eigenvalue weighted by Gasteiger charge is 2.29. The van der Waals surface area contributed by atoms with Crippen molar-refractivity contribution < 1.29 is 14.3 Å². The maximum atomic E-state index is 12.1. The number of benzene rings is 1. The van der Waals surface area contributed by atoms with Gasteiger partial charge in [-0.1, -0.05) is 0 Å². The minimum absolute atomic E-state index is 0.121. The highest BCUT2D eigenvalue weighted by molar-refractivity contribution is 5.96. The fourth-order valence-corrected chi connectivity index (χ4v) is 5.35. The van der Waals surface area contributed by atoms with E-state index in [2.05, 4.69) is 16.3 Å². The fourth-order valence-electron chi connectivity index (χ4n) is 5.35. The Bertz CT molecular complexity index is 1000. The van der Waals surface area contributed by atoms with Gasteiger partial charge in [-0.2, -0.15) is 0 Å². The number of carbonyl (C=O) groups is 1. The van der Waals surface area contributed by atoms with Gasteiger partial charge in [-0.05, 0) is 63.2 Å². The Labute approximate surface area is 190 Å². The van der Waals surface area contributed by atoms with Crippen LogP contribution >= 0.6 is 0 Å². The number of aromatic nitrogens is 1. The number of aryl methyl sites for hydroxylation is 1. The van der Waals surface area contributed by atoms with E-state index in [1.165, 1.54) is 37.2 Å². The van der Waals surface area contributed by atoms with Crippen LogP contribution in [0.25, 0.3) is 10.9 Å². The van der Waals surface area contributed by atoms with Gasteiger partial charge in [0.25, 0.3) is 0 Å². The minimum Gasteiger partial charge on any atom is -0.493 e. The standard InChI is InChI=1S/C25H34N4O3/c1-28-16-17(13-24(28)30)26-25-18-7-5-8-20(18)27-21-15-23(22(31-2)14-19(21)25)32-12-6-11-29-9-3-4-10-29/h14-15,17H,3-13,16H2,1-2H3,(H,26,27). The molecular weight excluding hydrogens is 404 g/mol. The van der Waals surface area contributed by atoms with Crippen LogP contribution < -0.4 is 14.8 Å². The lowest BCUT2D eigenvalue weighted by Gasteiger charge is -2.20. The van der Waals surface area contributed by atoms with Gasteiger partial charge in [0.05, 0.1) is 25.3 Å². The van der Waals surface area contributed by atoms with E-state index in [9.17, 15) is 4.79 Å². The fraction of sp³-hybridized carbons (Fsp3) is 0.600. The highest BCUT2D eigenvalue weighted by atomic mass is 16.5. The molecule has 1 aliphatic carbocycles. The van der Waals surface area contributed by atoms with Gasteiger partial charge in [0.1, 0.15) is 0 Å². The molecular formula is C25H34N4O3. The van der Waals surface area contributed by atoms with Crippen molar-refractivity contribution in [3.8, 4) is 11.5 Å². The molecule has 7 heteroatoms. The number of methoxy groups -OCH3 is 1. The smallest absolute Gasteiger partial charge is 0.224 e. The Kier molecular flexibility index (Phi) is 6.09. The molecule has 1 unspecified atom stereocenters. The zero-order valence-corrected chi connectivity index (χ0v) is 19.3. The maximum absolute atomic E-state index is 12.1. The lowest BCUT2D eigenvalue weighted by Crippen LogP contribution is -2.25. The van der Waals surface area contributed by atoms with Crippen molar-refractivity contribution in [1.29, 1.82) is 0 Å². The number of likely N-dealkylation sites (tertiary alicyclic amines) is 2. The Hall–Kier alpha value is -2.54. The SMILES string of the molecule is COc1cc2c(NC3CC(=O)N(C)C3)c3c(nc2cc1OCCCN1CCCC1)CCC3. The first-order valence-corrected chi connectivity index (χ1v) is 12.0. The van der Waals surface area contributed by atoms with Crippen LogP contribution in [-0.2, 0) is 17.6 Å². The van der Waals surface area contributed by atoms with Crippen molar-refractivity contribution in [3.63, 3.8) is 0 Å². The average Bonchev–Trinajstić information content (AvgIpc) is 3.53. The number of carbonyl (C=O) groups excluding carboxylic acids is 1. The van der Waals surface area contributed by atoms with Gasteiger partial charge in [-0.3, -0.25) is 9.78 Å². The van der Waals surface area contributed by atoms with E-state index in [-0.39, 0.29) is 11.9 Å². The van der Waals surface area contributed by atoms with Crippen molar-refractivity contribution >= 4 is 22.5 Å². The Morgan fingerprint density at radius 2 is 2.00 bits per heavy atom. The van der Waals surface area contributed by atoms with Crippen LogP contribution in [0.2, 0.25) is 0 Å². The molecule has 0 bridgehead atoms. The van der Waals surface area contributed by atoms with Crippen molar-refractivity contribution in [2.24, 2.45) is 0 Å². The number of pyridine rings is 1. The van der Waals surface area contributed by atoms with E-state index in [1.807, 2.05) is 13.1 Å². The topological polar surface area (TPSA) is 66.9 Å². The van der Waals surface area contributed by atoms with Crippen LogP contribution in [0.5, 0.6) is 11.5 Å².